The lowest BCUT2D eigenvalue weighted by molar-refractivity contribution is 0.513. The van der Waals surface area contributed by atoms with Gasteiger partial charge in [0.1, 0.15) is 11.5 Å². The maximum absolute atomic E-state index is 5.65. The van der Waals surface area contributed by atoms with Gasteiger partial charge in [0, 0.05) is 22.0 Å². The molecule has 0 aliphatic rings. The second-order valence-electron chi connectivity index (χ2n) is 3.02. The van der Waals surface area contributed by atoms with Gasteiger partial charge in [0.25, 0.3) is 0 Å². The van der Waals surface area contributed by atoms with E-state index >= 15 is 0 Å². The predicted octanol–water partition coefficient (Wildman–Crippen LogP) is 4.81. The Morgan fingerprint density at radius 3 is 1.44 bits per heavy atom. The van der Waals surface area contributed by atoms with Gasteiger partial charge in [-0.15, -0.1) is 0 Å². The van der Waals surface area contributed by atoms with Crippen LogP contribution in [0.5, 0.6) is 11.5 Å². The maximum atomic E-state index is 5.65. The number of hydrogen-bond acceptors (Lipinski definition) is 2. The van der Waals surface area contributed by atoms with Crippen LogP contribution >= 0.6 is 28.1 Å². The van der Waals surface area contributed by atoms with Gasteiger partial charge in [-0.25, -0.2) is 0 Å². The molecule has 0 fully saturated rings. The van der Waals surface area contributed by atoms with Crippen molar-refractivity contribution in [2.45, 2.75) is 0 Å². The van der Waals surface area contributed by atoms with Crippen LogP contribution in [0.15, 0.2) is 60.7 Å². The fourth-order valence-corrected chi connectivity index (χ4v) is 3.12. The highest BCUT2D eigenvalue weighted by Crippen LogP contribution is 2.47. The highest BCUT2D eigenvalue weighted by molar-refractivity contribution is 14.2. The Bertz CT molecular complexity index is 380. The Hall–Kier alpha value is -0.800. The van der Waals surface area contributed by atoms with E-state index in [0.717, 1.165) is 11.5 Å². The van der Waals surface area contributed by atoms with E-state index < -0.39 is 6.02 Å². The zero-order valence-corrected chi connectivity index (χ0v) is 11.5. The van der Waals surface area contributed by atoms with Crippen LogP contribution in [0.1, 0.15) is 0 Å². The summed E-state index contributed by atoms with van der Waals surface area (Å²) in [6.45, 7) is 0. The zero-order valence-electron chi connectivity index (χ0n) is 8.42. The van der Waals surface area contributed by atoms with Gasteiger partial charge in [-0.3, -0.25) is 0 Å². The standard InChI is InChI=1S/C12H10IO2P/c13-16(14-11-7-3-1-4-8-11)15-12-9-5-2-6-10-12/h1-10H. The van der Waals surface area contributed by atoms with E-state index in [2.05, 4.69) is 22.0 Å². The highest BCUT2D eigenvalue weighted by atomic mass is 127. The number of halogens is 1. The lowest BCUT2D eigenvalue weighted by Gasteiger charge is -2.12. The topological polar surface area (TPSA) is 18.5 Å². The number of hydrogen-bond donors (Lipinski definition) is 0. The van der Waals surface area contributed by atoms with Crippen molar-refractivity contribution in [1.82, 2.24) is 0 Å². The normalized spacial score (nSPS) is 10.1. The van der Waals surface area contributed by atoms with Crippen molar-refractivity contribution in [1.29, 1.82) is 0 Å². The van der Waals surface area contributed by atoms with Crippen molar-refractivity contribution in [3.8, 4) is 11.5 Å². The van der Waals surface area contributed by atoms with Crippen molar-refractivity contribution >= 4 is 28.1 Å². The second-order valence-corrected chi connectivity index (χ2v) is 6.17. The van der Waals surface area contributed by atoms with Gasteiger partial charge >= 0.3 is 6.02 Å². The first-order valence-electron chi connectivity index (χ1n) is 4.76. The van der Waals surface area contributed by atoms with Crippen LogP contribution in [-0.4, -0.2) is 0 Å². The van der Waals surface area contributed by atoms with Gasteiger partial charge in [-0.05, 0) is 24.3 Å². The quantitative estimate of drug-likeness (QED) is 0.586. The lowest BCUT2D eigenvalue weighted by atomic mass is 10.3. The van der Waals surface area contributed by atoms with Crippen molar-refractivity contribution in [2.75, 3.05) is 0 Å². The minimum absolute atomic E-state index is 0.832. The Balaban J connectivity index is 1.92. The molecule has 0 N–H and O–H groups in total. The van der Waals surface area contributed by atoms with E-state index in [1.165, 1.54) is 0 Å². The molecule has 2 rings (SSSR count). The van der Waals surface area contributed by atoms with Gasteiger partial charge in [0.05, 0.1) is 0 Å². The first kappa shape index (κ1) is 11.7. The summed E-state index contributed by atoms with van der Waals surface area (Å²) in [4.78, 5) is 0. The molecule has 4 heteroatoms. The molecule has 2 aromatic carbocycles. The van der Waals surface area contributed by atoms with E-state index in [-0.39, 0.29) is 0 Å². The molecule has 0 spiro atoms. The van der Waals surface area contributed by atoms with Crippen LogP contribution in [0.4, 0.5) is 0 Å². The number of para-hydroxylation sites is 2. The fraction of sp³-hybridized carbons (Fsp3) is 0. The SMILES string of the molecule is IP(Oc1ccccc1)Oc1ccccc1. The van der Waals surface area contributed by atoms with E-state index in [1.807, 2.05) is 60.7 Å². The van der Waals surface area contributed by atoms with E-state index in [4.69, 9.17) is 9.05 Å². The molecule has 0 unspecified atom stereocenters. The van der Waals surface area contributed by atoms with Crippen LogP contribution in [0.2, 0.25) is 0 Å². The molecule has 82 valence electrons. The summed E-state index contributed by atoms with van der Waals surface area (Å²) in [6, 6.07) is 18.4. The molecule has 2 aromatic rings. The number of benzene rings is 2. The summed E-state index contributed by atoms with van der Waals surface area (Å²) in [6.07, 6.45) is 0. The number of rotatable bonds is 4. The molecule has 0 radical (unpaired) electrons. The van der Waals surface area contributed by atoms with Crippen molar-refractivity contribution in [3.05, 3.63) is 60.7 Å². The van der Waals surface area contributed by atoms with E-state index in [0.29, 0.717) is 0 Å². The Kier molecular flexibility index (Phi) is 4.43. The van der Waals surface area contributed by atoms with Crippen LogP contribution < -0.4 is 9.05 Å². The average molecular weight is 344 g/mol. The Morgan fingerprint density at radius 2 is 1.06 bits per heavy atom. The third kappa shape index (κ3) is 3.65. The molecule has 0 aliphatic carbocycles. The minimum atomic E-state index is -0.963. The van der Waals surface area contributed by atoms with E-state index in [9.17, 15) is 0 Å². The second kappa shape index (κ2) is 6.06. The maximum Gasteiger partial charge on any atom is 0.360 e. The van der Waals surface area contributed by atoms with Gasteiger partial charge < -0.3 is 9.05 Å². The van der Waals surface area contributed by atoms with Gasteiger partial charge in [-0.1, -0.05) is 36.4 Å². The smallest absolute Gasteiger partial charge is 0.360 e. The monoisotopic (exact) mass is 344 g/mol. The molecule has 0 amide bonds. The van der Waals surface area contributed by atoms with Crippen LogP contribution in [0.3, 0.4) is 0 Å². The minimum Gasteiger partial charge on any atom is -0.432 e. The Morgan fingerprint density at radius 1 is 0.688 bits per heavy atom. The van der Waals surface area contributed by atoms with E-state index in [1.54, 1.807) is 0 Å². The summed E-state index contributed by atoms with van der Waals surface area (Å²) in [5, 5.41) is 0. The van der Waals surface area contributed by atoms with Crippen LogP contribution in [0.25, 0.3) is 0 Å². The third-order valence-corrected chi connectivity index (χ3v) is 3.73. The van der Waals surface area contributed by atoms with Crippen LogP contribution in [-0.2, 0) is 0 Å². The van der Waals surface area contributed by atoms with Crippen molar-refractivity contribution < 1.29 is 9.05 Å². The van der Waals surface area contributed by atoms with Crippen molar-refractivity contribution in [3.63, 3.8) is 0 Å². The molecular formula is C12H10IO2P. The summed E-state index contributed by atoms with van der Waals surface area (Å²) in [5.74, 6) is 1.66. The molecule has 0 saturated heterocycles. The first-order valence-corrected chi connectivity index (χ1v) is 8.73. The molecular weight excluding hydrogens is 334 g/mol. The largest absolute Gasteiger partial charge is 0.432 e. The summed E-state index contributed by atoms with van der Waals surface area (Å²) >= 11 is 2.17. The molecule has 2 nitrogen and oxygen atoms in total. The van der Waals surface area contributed by atoms with Crippen molar-refractivity contribution in [2.24, 2.45) is 0 Å². The summed E-state index contributed by atoms with van der Waals surface area (Å²) in [7, 11) is 0. The fourth-order valence-electron chi connectivity index (χ4n) is 1.15. The van der Waals surface area contributed by atoms with Gasteiger partial charge in [-0.2, -0.15) is 0 Å². The lowest BCUT2D eigenvalue weighted by Crippen LogP contribution is -1.89. The molecule has 0 saturated carbocycles. The molecule has 0 aromatic heterocycles. The summed E-state index contributed by atoms with van der Waals surface area (Å²) < 4.78 is 11.3. The molecule has 0 heterocycles. The van der Waals surface area contributed by atoms with Gasteiger partial charge in [0.2, 0.25) is 0 Å². The molecule has 0 atom stereocenters. The molecule has 16 heavy (non-hydrogen) atoms. The summed E-state index contributed by atoms with van der Waals surface area (Å²) in [5.41, 5.74) is 0. The third-order valence-electron chi connectivity index (χ3n) is 1.84. The zero-order chi connectivity index (χ0) is 11.2. The Labute approximate surface area is 109 Å². The predicted molar refractivity (Wildman–Crippen MR) is 75.1 cm³/mol. The van der Waals surface area contributed by atoms with Gasteiger partial charge in [0.15, 0.2) is 0 Å². The average Bonchev–Trinajstić information content (AvgIpc) is 2.31. The highest BCUT2D eigenvalue weighted by Gasteiger charge is 2.08. The molecule has 0 bridgehead atoms. The molecule has 0 aliphatic heterocycles. The van der Waals surface area contributed by atoms with Crippen LogP contribution in [0, 0.1) is 0 Å². The first-order chi connectivity index (χ1) is 7.84.